The highest BCUT2D eigenvalue weighted by Gasteiger charge is 2.22. The molecule has 7 nitrogen and oxygen atoms in total. The van der Waals surface area contributed by atoms with Crippen molar-refractivity contribution in [2.75, 3.05) is 14.2 Å². The predicted octanol–water partition coefficient (Wildman–Crippen LogP) is 3.49. The van der Waals surface area contributed by atoms with Crippen molar-refractivity contribution in [2.45, 2.75) is 12.7 Å². The highest BCUT2D eigenvalue weighted by molar-refractivity contribution is 5.89. The Kier molecular flexibility index (Phi) is 6.00. The van der Waals surface area contributed by atoms with Crippen LogP contribution in [0, 0.1) is 0 Å². The van der Waals surface area contributed by atoms with E-state index in [9.17, 15) is 10.2 Å². The molecule has 1 atom stereocenters. The molecule has 32 heavy (non-hydrogen) atoms. The van der Waals surface area contributed by atoms with Gasteiger partial charge in [-0.05, 0) is 59.2 Å². The summed E-state index contributed by atoms with van der Waals surface area (Å²) in [6.45, 7) is 0.621. The first-order valence-corrected chi connectivity index (χ1v) is 10.2. The number of phenols is 2. The summed E-state index contributed by atoms with van der Waals surface area (Å²) in [7, 11) is 3.51. The van der Waals surface area contributed by atoms with Crippen LogP contribution in [0.3, 0.4) is 0 Å². The third-order valence-electron chi connectivity index (χ3n) is 5.48. The monoisotopic (exact) mass is 430 g/mol. The number of hydrogen-bond donors (Lipinski definition) is 4. The fourth-order valence-electron chi connectivity index (χ4n) is 3.53. The number of ether oxygens (including phenoxy) is 1. The second-order valence-electron chi connectivity index (χ2n) is 7.59. The summed E-state index contributed by atoms with van der Waals surface area (Å²) in [6.07, 6.45) is 1.73. The van der Waals surface area contributed by atoms with Crippen LogP contribution in [-0.4, -0.2) is 41.4 Å². The van der Waals surface area contributed by atoms with Gasteiger partial charge in [0.1, 0.15) is 23.4 Å². The van der Waals surface area contributed by atoms with Gasteiger partial charge in [0.05, 0.1) is 12.8 Å². The maximum atomic E-state index is 10.5. The number of nitrogens with one attached hydrogen (secondary N) is 1. The standard InChI is InChI=1S/C25H26N4O3/c1-29-24(27-15-16-3-10-20(32-2)11-4-16)14-22(28-25(29)26)21-13-18(7-12-23(21)31)17-5-8-19(30)9-6-17/h3-14,24,27,30-31H,15H2,1-2H3,(H2,26,28). The van der Waals surface area contributed by atoms with Gasteiger partial charge < -0.3 is 25.6 Å². The quantitative estimate of drug-likeness (QED) is 0.477. The van der Waals surface area contributed by atoms with Gasteiger partial charge in [0.2, 0.25) is 0 Å². The first-order valence-electron chi connectivity index (χ1n) is 10.2. The fraction of sp³-hybridized carbons (Fsp3) is 0.160. The second-order valence-corrected chi connectivity index (χ2v) is 7.59. The zero-order valence-corrected chi connectivity index (χ0v) is 18.0. The Balaban J connectivity index is 1.60. The summed E-state index contributed by atoms with van der Waals surface area (Å²) in [4.78, 5) is 6.34. The number of guanidine groups is 1. The van der Waals surface area contributed by atoms with E-state index in [1.165, 1.54) is 0 Å². The number of nitrogens with zero attached hydrogens (tertiary/aromatic N) is 2. The highest BCUT2D eigenvalue weighted by atomic mass is 16.5. The van der Waals surface area contributed by atoms with Crippen LogP contribution in [0.1, 0.15) is 11.1 Å². The lowest BCUT2D eigenvalue weighted by Gasteiger charge is -2.31. The SMILES string of the molecule is COc1ccc(CNC2C=C(c3cc(-c4ccc(O)cc4)ccc3O)N=C(N)N2C)cc1. The molecule has 1 heterocycles. The Hall–Kier alpha value is -3.97. The van der Waals surface area contributed by atoms with Crippen molar-refractivity contribution >= 4 is 11.7 Å². The van der Waals surface area contributed by atoms with Gasteiger partial charge in [-0.15, -0.1) is 0 Å². The van der Waals surface area contributed by atoms with Crippen LogP contribution in [0.25, 0.3) is 16.8 Å². The molecule has 0 bridgehead atoms. The van der Waals surface area contributed by atoms with E-state index in [0.29, 0.717) is 23.8 Å². The topological polar surface area (TPSA) is 103 Å². The number of aliphatic imine (C=N–C) groups is 1. The minimum atomic E-state index is -0.207. The molecule has 164 valence electrons. The number of phenolic OH excluding ortho intramolecular Hbond substituents is 2. The average molecular weight is 431 g/mol. The summed E-state index contributed by atoms with van der Waals surface area (Å²) in [6, 6.07) is 20.1. The van der Waals surface area contributed by atoms with Crippen LogP contribution in [0.4, 0.5) is 0 Å². The summed E-state index contributed by atoms with van der Waals surface area (Å²) in [5, 5.41) is 23.6. The van der Waals surface area contributed by atoms with Crippen molar-refractivity contribution < 1.29 is 14.9 Å². The molecule has 7 heteroatoms. The lowest BCUT2D eigenvalue weighted by molar-refractivity contribution is 0.352. The molecule has 5 N–H and O–H groups in total. The van der Waals surface area contributed by atoms with E-state index in [1.54, 1.807) is 25.3 Å². The summed E-state index contributed by atoms with van der Waals surface area (Å²) >= 11 is 0. The molecule has 0 radical (unpaired) electrons. The first kappa shape index (κ1) is 21.3. The summed E-state index contributed by atoms with van der Waals surface area (Å²) < 4.78 is 5.21. The van der Waals surface area contributed by atoms with E-state index in [1.807, 2.05) is 66.6 Å². The van der Waals surface area contributed by atoms with Crippen LogP contribution >= 0.6 is 0 Å². The van der Waals surface area contributed by atoms with Crippen molar-refractivity contribution in [3.05, 3.63) is 83.9 Å². The number of hydrogen-bond acceptors (Lipinski definition) is 7. The largest absolute Gasteiger partial charge is 0.508 e. The zero-order chi connectivity index (χ0) is 22.7. The lowest BCUT2D eigenvalue weighted by Crippen LogP contribution is -2.49. The van der Waals surface area contributed by atoms with Crippen molar-refractivity contribution in [1.29, 1.82) is 0 Å². The van der Waals surface area contributed by atoms with Crippen LogP contribution in [-0.2, 0) is 6.54 Å². The number of aromatic hydroxyl groups is 2. The van der Waals surface area contributed by atoms with E-state index in [2.05, 4.69) is 10.3 Å². The molecule has 0 fully saturated rings. The Morgan fingerprint density at radius 2 is 1.69 bits per heavy atom. The third-order valence-corrected chi connectivity index (χ3v) is 5.48. The van der Waals surface area contributed by atoms with Crippen LogP contribution in [0.2, 0.25) is 0 Å². The predicted molar refractivity (Wildman–Crippen MR) is 126 cm³/mol. The number of nitrogens with two attached hydrogens (primary N) is 1. The summed E-state index contributed by atoms with van der Waals surface area (Å²) in [5.41, 5.74) is 10.3. The Morgan fingerprint density at radius 1 is 1.00 bits per heavy atom. The van der Waals surface area contributed by atoms with Crippen LogP contribution < -0.4 is 15.8 Å². The molecular formula is C25H26N4O3. The van der Waals surface area contributed by atoms with E-state index in [0.717, 1.165) is 22.4 Å². The van der Waals surface area contributed by atoms with Crippen molar-refractivity contribution in [2.24, 2.45) is 10.7 Å². The maximum absolute atomic E-state index is 10.5. The normalized spacial score (nSPS) is 15.8. The highest BCUT2D eigenvalue weighted by Crippen LogP contribution is 2.33. The van der Waals surface area contributed by atoms with Crippen molar-refractivity contribution in [3.63, 3.8) is 0 Å². The van der Waals surface area contributed by atoms with Crippen LogP contribution in [0.5, 0.6) is 17.2 Å². The molecule has 3 aromatic carbocycles. The van der Waals surface area contributed by atoms with E-state index < -0.39 is 0 Å². The van der Waals surface area contributed by atoms with E-state index >= 15 is 0 Å². The Bertz CT molecular complexity index is 1150. The second kappa shape index (κ2) is 9.03. The van der Waals surface area contributed by atoms with Gasteiger partial charge in [0.15, 0.2) is 5.96 Å². The molecule has 0 spiro atoms. The third kappa shape index (κ3) is 4.53. The average Bonchev–Trinajstić information content (AvgIpc) is 2.81. The number of likely N-dealkylation sites (N-methyl/N-ethyl adjacent to an activating group) is 1. The van der Waals surface area contributed by atoms with Crippen molar-refractivity contribution in [1.82, 2.24) is 10.2 Å². The molecular weight excluding hydrogens is 404 g/mol. The van der Waals surface area contributed by atoms with Gasteiger partial charge >= 0.3 is 0 Å². The van der Waals surface area contributed by atoms with E-state index in [-0.39, 0.29) is 17.7 Å². The Labute approximate surface area is 187 Å². The molecule has 3 aromatic rings. The molecule has 0 amide bonds. The number of methoxy groups -OCH3 is 1. The number of rotatable bonds is 6. The smallest absolute Gasteiger partial charge is 0.197 e. The molecule has 0 aromatic heterocycles. The molecule has 1 unspecified atom stereocenters. The van der Waals surface area contributed by atoms with Gasteiger partial charge in [-0.2, -0.15) is 0 Å². The molecule has 4 rings (SSSR count). The van der Waals surface area contributed by atoms with E-state index in [4.69, 9.17) is 10.5 Å². The molecule has 0 saturated heterocycles. The number of benzene rings is 3. The minimum absolute atomic E-state index is 0.119. The molecule has 0 saturated carbocycles. The van der Waals surface area contributed by atoms with Gasteiger partial charge in [0.25, 0.3) is 0 Å². The first-order chi connectivity index (χ1) is 15.4. The van der Waals surface area contributed by atoms with Gasteiger partial charge in [0, 0.05) is 19.2 Å². The molecule has 1 aliphatic rings. The summed E-state index contributed by atoms with van der Waals surface area (Å²) in [5.74, 6) is 1.48. The molecule has 1 aliphatic heterocycles. The lowest BCUT2D eigenvalue weighted by atomic mass is 10.00. The minimum Gasteiger partial charge on any atom is -0.508 e. The zero-order valence-electron chi connectivity index (χ0n) is 18.0. The maximum Gasteiger partial charge on any atom is 0.197 e. The van der Waals surface area contributed by atoms with Gasteiger partial charge in [-0.3, -0.25) is 5.32 Å². The van der Waals surface area contributed by atoms with Crippen molar-refractivity contribution in [3.8, 4) is 28.4 Å². The fourth-order valence-corrected chi connectivity index (χ4v) is 3.53. The Morgan fingerprint density at radius 3 is 2.38 bits per heavy atom. The van der Waals surface area contributed by atoms with Gasteiger partial charge in [-0.25, -0.2) is 4.99 Å². The van der Waals surface area contributed by atoms with Gasteiger partial charge in [-0.1, -0.05) is 30.3 Å². The van der Waals surface area contributed by atoms with Crippen LogP contribution in [0.15, 0.2) is 77.8 Å². The molecule has 0 aliphatic carbocycles.